The highest BCUT2D eigenvalue weighted by molar-refractivity contribution is 6.35. The summed E-state index contributed by atoms with van der Waals surface area (Å²) in [5, 5.41) is 4.27. The SMILES string of the molecule is COc1cc(OC)c(OC)cc1CN=C(N)NC(C)c1ccc(Cl)cc1Cl. The normalized spacial score (nSPS) is 12.4. The molecule has 3 N–H and O–H groups in total. The number of methoxy groups -OCH3 is 3. The van der Waals surface area contributed by atoms with E-state index in [1.807, 2.05) is 19.1 Å². The third kappa shape index (κ3) is 5.34. The topological polar surface area (TPSA) is 78.1 Å². The van der Waals surface area contributed by atoms with Gasteiger partial charge >= 0.3 is 0 Å². The number of aliphatic imine (C=N–C) groups is 1. The molecule has 2 rings (SSSR count). The molecule has 0 saturated carbocycles. The van der Waals surface area contributed by atoms with E-state index < -0.39 is 0 Å². The molecule has 146 valence electrons. The summed E-state index contributed by atoms with van der Waals surface area (Å²) in [4.78, 5) is 4.38. The van der Waals surface area contributed by atoms with Gasteiger partial charge in [-0.2, -0.15) is 0 Å². The minimum atomic E-state index is -0.134. The predicted molar refractivity (Wildman–Crippen MR) is 109 cm³/mol. The molecule has 0 amide bonds. The highest BCUT2D eigenvalue weighted by Crippen LogP contribution is 2.35. The summed E-state index contributed by atoms with van der Waals surface area (Å²) in [6.45, 7) is 2.25. The lowest BCUT2D eigenvalue weighted by Crippen LogP contribution is -2.34. The lowest BCUT2D eigenvalue weighted by molar-refractivity contribution is 0.347. The quantitative estimate of drug-likeness (QED) is 0.527. The molecular formula is C19H23Cl2N3O3. The molecule has 6 nitrogen and oxygen atoms in total. The maximum atomic E-state index is 6.23. The van der Waals surface area contributed by atoms with E-state index in [0.29, 0.717) is 33.8 Å². The van der Waals surface area contributed by atoms with Crippen molar-refractivity contribution < 1.29 is 14.2 Å². The van der Waals surface area contributed by atoms with Gasteiger partial charge < -0.3 is 25.3 Å². The van der Waals surface area contributed by atoms with Crippen molar-refractivity contribution in [2.75, 3.05) is 21.3 Å². The Bertz CT molecular complexity index is 828. The molecule has 0 radical (unpaired) electrons. The molecule has 0 spiro atoms. The van der Waals surface area contributed by atoms with E-state index in [2.05, 4.69) is 10.3 Å². The first kappa shape index (κ1) is 21.0. The fourth-order valence-electron chi connectivity index (χ4n) is 2.58. The highest BCUT2D eigenvalue weighted by atomic mass is 35.5. The van der Waals surface area contributed by atoms with E-state index in [4.69, 9.17) is 43.1 Å². The molecular weight excluding hydrogens is 389 g/mol. The molecule has 0 aromatic heterocycles. The second kappa shape index (κ2) is 9.58. The van der Waals surface area contributed by atoms with Gasteiger partial charge in [-0.3, -0.25) is 0 Å². The molecule has 1 atom stereocenters. The molecule has 0 fully saturated rings. The van der Waals surface area contributed by atoms with E-state index >= 15 is 0 Å². The van der Waals surface area contributed by atoms with Crippen LogP contribution in [-0.4, -0.2) is 27.3 Å². The number of rotatable bonds is 7. The van der Waals surface area contributed by atoms with Gasteiger partial charge in [-0.1, -0.05) is 29.3 Å². The van der Waals surface area contributed by atoms with Crippen molar-refractivity contribution in [2.24, 2.45) is 10.7 Å². The summed E-state index contributed by atoms with van der Waals surface area (Å²) in [5.74, 6) is 2.10. The Labute approximate surface area is 169 Å². The van der Waals surface area contributed by atoms with Gasteiger partial charge in [0.2, 0.25) is 0 Å². The van der Waals surface area contributed by atoms with Crippen molar-refractivity contribution in [1.82, 2.24) is 5.32 Å². The van der Waals surface area contributed by atoms with Crippen LogP contribution in [0.1, 0.15) is 24.1 Å². The van der Waals surface area contributed by atoms with Gasteiger partial charge in [0.25, 0.3) is 0 Å². The van der Waals surface area contributed by atoms with Gasteiger partial charge in [-0.25, -0.2) is 4.99 Å². The van der Waals surface area contributed by atoms with Crippen LogP contribution < -0.4 is 25.3 Å². The van der Waals surface area contributed by atoms with Gasteiger partial charge in [-0.15, -0.1) is 0 Å². The van der Waals surface area contributed by atoms with Crippen LogP contribution in [0.5, 0.6) is 17.2 Å². The highest BCUT2D eigenvalue weighted by Gasteiger charge is 2.13. The van der Waals surface area contributed by atoms with E-state index in [0.717, 1.165) is 11.1 Å². The molecule has 0 aliphatic rings. The minimum Gasteiger partial charge on any atom is -0.496 e. The maximum absolute atomic E-state index is 6.23. The monoisotopic (exact) mass is 411 g/mol. The average molecular weight is 412 g/mol. The average Bonchev–Trinajstić information content (AvgIpc) is 2.65. The van der Waals surface area contributed by atoms with E-state index in [1.165, 1.54) is 0 Å². The van der Waals surface area contributed by atoms with Crippen molar-refractivity contribution in [1.29, 1.82) is 0 Å². The number of guanidine groups is 1. The van der Waals surface area contributed by atoms with Crippen LogP contribution >= 0.6 is 23.2 Å². The van der Waals surface area contributed by atoms with Crippen LogP contribution in [0.15, 0.2) is 35.3 Å². The first-order valence-corrected chi connectivity index (χ1v) is 8.95. The molecule has 0 saturated heterocycles. The number of hydrogen-bond donors (Lipinski definition) is 2. The second-order valence-electron chi connectivity index (χ2n) is 5.75. The Morgan fingerprint density at radius 2 is 1.67 bits per heavy atom. The molecule has 0 aliphatic heterocycles. The zero-order valence-electron chi connectivity index (χ0n) is 15.7. The molecule has 0 heterocycles. The third-order valence-corrected chi connectivity index (χ3v) is 4.56. The number of halogens is 2. The third-order valence-electron chi connectivity index (χ3n) is 4.00. The number of benzene rings is 2. The van der Waals surface area contributed by atoms with E-state index in [9.17, 15) is 0 Å². The van der Waals surface area contributed by atoms with Crippen LogP contribution in [-0.2, 0) is 6.54 Å². The van der Waals surface area contributed by atoms with Crippen LogP contribution in [0.2, 0.25) is 10.0 Å². The molecule has 2 aromatic carbocycles. The van der Waals surface area contributed by atoms with Gasteiger partial charge in [0.1, 0.15) is 5.75 Å². The van der Waals surface area contributed by atoms with Crippen LogP contribution in [0, 0.1) is 0 Å². The minimum absolute atomic E-state index is 0.134. The zero-order chi connectivity index (χ0) is 20.0. The van der Waals surface area contributed by atoms with Crippen molar-refractivity contribution >= 4 is 29.2 Å². The van der Waals surface area contributed by atoms with Gasteiger partial charge in [0, 0.05) is 21.7 Å². The second-order valence-corrected chi connectivity index (χ2v) is 6.60. The number of ether oxygens (including phenoxy) is 3. The Morgan fingerprint density at radius 3 is 2.26 bits per heavy atom. The lowest BCUT2D eigenvalue weighted by atomic mass is 10.1. The molecule has 8 heteroatoms. The Kier molecular flexibility index (Phi) is 7.45. The summed E-state index contributed by atoms with van der Waals surface area (Å²) in [7, 11) is 4.73. The fraction of sp³-hybridized carbons (Fsp3) is 0.316. The molecule has 1 unspecified atom stereocenters. The van der Waals surface area contributed by atoms with Crippen molar-refractivity contribution in [3.05, 3.63) is 51.5 Å². The Balaban J connectivity index is 2.15. The fourth-order valence-corrected chi connectivity index (χ4v) is 3.16. The summed E-state index contributed by atoms with van der Waals surface area (Å²) >= 11 is 12.2. The first-order chi connectivity index (χ1) is 12.9. The predicted octanol–water partition coefficient (Wildman–Crippen LogP) is 4.18. The van der Waals surface area contributed by atoms with Crippen molar-refractivity contribution in [2.45, 2.75) is 19.5 Å². The maximum Gasteiger partial charge on any atom is 0.189 e. The smallest absolute Gasteiger partial charge is 0.189 e. The van der Waals surface area contributed by atoms with Gasteiger partial charge in [0.15, 0.2) is 17.5 Å². The largest absolute Gasteiger partial charge is 0.496 e. The number of nitrogens with one attached hydrogen (secondary N) is 1. The van der Waals surface area contributed by atoms with E-state index in [-0.39, 0.29) is 12.0 Å². The summed E-state index contributed by atoms with van der Waals surface area (Å²) in [5.41, 5.74) is 7.73. The molecule has 0 bridgehead atoms. The summed E-state index contributed by atoms with van der Waals surface area (Å²) < 4.78 is 16.0. The molecule has 27 heavy (non-hydrogen) atoms. The van der Waals surface area contributed by atoms with Crippen LogP contribution in [0.3, 0.4) is 0 Å². The first-order valence-electron chi connectivity index (χ1n) is 8.19. The standard InChI is InChI=1S/C19H23Cl2N3O3/c1-11(14-6-5-13(20)8-15(14)21)24-19(22)23-10-12-7-17(26-3)18(27-4)9-16(12)25-2/h5-9,11H,10H2,1-4H3,(H3,22,23,24). The molecule has 2 aromatic rings. The number of hydrogen-bond acceptors (Lipinski definition) is 4. The summed E-state index contributed by atoms with van der Waals surface area (Å²) in [6, 6.07) is 8.76. The van der Waals surface area contributed by atoms with E-state index in [1.54, 1.807) is 39.5 Å². The Hall–Kier alpha value is -2.31. The van der Waals surface area contributed by atoms with Gasteiger partial charge in [-0.05, 0) is 30.7 Å². The lowest BCUT2D eigenvalue weighted by Gasteiger charge is -2.17. The van der Waals surface area contributed by atoms with Crippen molar-refractivity contribution in [3.8, 4) is 17.2 Å². The Morgan fingerprint density at radius 1 is 1.04 bits per heavy atom. The van der Waals surface area contributed by atoms with Crippen LogP contribution in [0.25, 0.3) is 0 Å². The van der Waals surface area contributed by atoms with Gasteiger partial charge in [0.05, 0.1) is 33.9 Å². The number of nitrogens with zero attached hydrogens (tertiary/aromatic N) is 1. The van der Waals surface area contributed by atoms with Crippen LogP contribution in [0.4, 0.5) is 0 Å². The zero-order valence-corrected chi connectivity index (χ0v) is 17.2. The number of nitrogens with two attached hydrogens (primary N) is 1. The summed E-state index contributed by atoms with van der Waals surface area (Å²) in [6.07, 6.45) is 0. The van der Waals surface area contributed by atoms with Crippen molar-refractivity contribution in [3.63, 3.8) is 0 Å². The molecule has 0 aliphatic carbocycles.